The molecule has 3 nitrogen and oxygen atoms in total. The van der Waals surface area contributed by atoms with Crippen LogP contribution in [0.15, 0.2) is 18.2 Å². The fraction of sp³-hybridized carbons (Fsp3) is 0.562. The molecule has 0 unspecified atom stereocenters. The summed E-state index contributed by atoms with van der Waals surface area (Å²) in [6, 6.07) is 6.68. The van der Waals surface area contributed by atoms with Crippen LogP contribution in [0.4, 0.5) is 0 Å². The number of carbonyl (C=O) groups is 1. The Hall–Kier alpha value is -1.35. The lowest BCUT2D eigenvalue weighted by atomic mass is 9.90. The van der Waals surface area contributed by atoms with Gasteiger partial charge in [0.2, 0.25) is 0 Å². The first kappa shape index (κ1) is 14.1. The van der Waals surface area contributed by atoms with Crippen LogP contribution in [0.5, 0.6) is 0 Å². The van der Waals surface area contributed by atoms with E-state index in [0.717, 1.165) is 25.9 Å². The smallest absolute Gasteiger partial charge is 0.308 e. The van der Waals surface area contributed by atoms with E-state index in [9.17, 15) is 9.90 Å². The third-order valence-corrected chi connectivity index (χ3v) is 4.10. The van der Waals surface area contributed by atoms with Crippen molar-refractivity contribution in [1.82, 2.24) is 4.90 Å². The maximum Gasteiger partial charge on any atom is 0.308 e. The standard InChI is InChI=1S/C16H23NO2/c1-11-7-12(2)9-14(8-11)10-17-6-4-5-15(13(17)3)16(18)19/h7-9,13,15H,4-6,10H2,1-3H3,(H,18,19)/t13-,15-/m1/s1. The Morgan fingerprint density at radius 3 is 2.53 bits per heavy atom. The largest absolute Gasteiger partial charge is 0.481 e. The molecule has 1 N–H and O–H groups in total. The number of aliphatic carboxylic acids is 1. The minimum absolute atomic E-state index is 0.118. The Kier molecular flexibility index (Phi) is 4.25. The van der Waals surface area contributed by atoms with E-state index in [2.05, 4.69) is 36.9 Å². The Labute approximate surface area is 115 Å². The number of rotatable bonds is 3. The number of aryl methyl sites for hydroxylation is 2. The predicted octanol–water partition coefficient (Wildman–Crippen LogP) is 2.99. The molecule has 2 rings (SSSR count). The van der Waals surface area contributed by atoms with E-state index >= 15 is 0 Å². The molecule has 1 aromatic rings. The number of hydrogen-bond acceptors (Lipinski definition) is 2. The van der Waals surface area contributed by atoms with Gasteiger partial charge in [0, 0.05) is 12.6 Å². The van der Waals surface area contributed by atoms with E-state index in [4.69, 9.17) is 0 Å². The first-order valence-corrected chi connectivity index (χ1v) is 7.01. The van der Waals surface area contributed by atoms with Crippen LogP contribution >= 0.6 is 0 Å². The number of likely N-dealkylation sites (tertiary alicyclic amines) is 1. The summed E-state index contributed by atoms with van der Waals surface area (Å²) < 4.78 is 0. The zero-order valence-corrected chi connectivity index (χ0v) is 12.0. The molecule has 104 valence electrons. The molecule has 0 aromatic heterocycles. The molecule has 0 amide bonds. The molecule has 0 aliphatic carbocycles. The lowest BCUT2D eigenvalue weighted by Gasteiger charge is -2.37. The first-order valence-electron chi connectivity index (χ1n) is 7.01. The van der Waals surface area contributed by atoms with Gasteiger partial charge in [-0.1, -0.05) is 29.3 Å². The third-order valence-electron chi connectivity index (χ3n) is 4.10. The van der Waals surface area contributed by atoms with Crippen LogP contribution in [0.3, 0.4) is 0 Å². The van der Waals surface area contributed by atoms with Gasteiger partial charge in [0.05, 0.1) is 5.92 Å². The second-order valence-corrected chi connectivity index (χ2v) is 5.79. The van der Waals surface area contributed by atoms with Gasteiger partial charge in [0.15, 0.2) is 0 Å². The van der Waals surface area contributed by atoms with Crippen molar-refractivity contribution >= 4 is 5.97 Å². The van der Waals surface area contributed by atoms with E-state index in [-0.39, 0.29) is 12.0 Å². The Balaban J connectivity index is 2.11. The van der Waals surface area contributed by atoms with Gasteiger partial charge in [-0.15, -0.1) is 0 Å². The molecule has 19 heavy (non-hydrogen) atoms. The van der Waals surface area contributed by atoms with E-state index in [1.54, 1.807) is 0 Å². The monoisotopic (exact) mass is 261 g/mol. The number of piperidine rings is 1. The van der Waals surface area contributed by atoms with Gasteiger partial charge in [-0.05, 0) is 45.7 Å². The average Bonchev–Trinajstić information content (AvgIpc) is 2.30. The highest BCUT2D eigenvalue weighted by Crippen LogP contribution is 2.25. The molecule has 1 aliphatic heterocycles. The van der Waals surface area contributed by atoms with Crippen molar-refractivity contribution in [2.24, 2.45) is 5.92 Å². The lowest BCUT2D eigenvalue weighted by Crippen LogP contribution is -2.45. The Morgan fingerprint density at radius 2 is 1.95 bits per heavy atom. The molecule has 1 aliphatic rings. The minimum atomic E-state index is -0.655. The van der Waals surface area contributed by atoms with Crippen molar-refractivity contribution in [2.75, 3.05) is 6.54 Å². The van der Waals surface area contributed by atoms with Crippen molar-refractivity contribution in [2.45, 2.75) is 46.2 Å². The van der Waals surface area contributed by atoms with Crippen LogP contribution < -0.4 is 0 Å². The summed E-state index contributed by atoms with van der Waals surface area (Å²) in [5.41, 5.74) is 3.83. The van der Waals surface area contributed by atoms with Crippen LogP contribution in [0.2, 0.25) is 0 Å². The number of nitrogens with zero attached hydrogens (tertiary/aromatic N) is 1. The molecule has 1 aromatic carbocycles. The van der Waals surface area contributed by atoms with Gasteiger partial charge < -0.3 is 5.11 Å². The topological polar surface area (TPSA) is 40.5 Å². The van der Waals surface area contributed by atoms with Crippen LogP contribution in [0.25, 0.3) is 0 Å². The van der Waals surface area contributed by atoms with Crippen LogP contribution in [0.1, 0.15) is 36.5 Å². The van der Waals surface area contributed by atoms with E-state index in [1.807, 2.05) is 6.92 Å². The van der Waals surface area contributed by atoms with Gasteiger partial charge in [-0.2, -0.15) is 0 Å². The maximum atomic E-state index is 11.2. The SMILES string of the molecule is Cc1cc(C)cc(CN2CCC[C@@H](C(=O)O)[C@H]2C)c1. The van der Waals surface area contributed by atoms with Crippen molar-refractivity contribution in [3.8, 4) is 0 Å². The zero-order valence-electron chi connectivity index (χ0n) is 12.0. The second kappa shape index (κ2) is 5.74. The van der Waals surface area contributed by atoms with Crippen molar-refractivity contribution in [1.29, 1.82) is 0 Å². The minimum Gasteiger partial charge on any atom is -0.481 e. The molecule has 1 saturated heterocycles. The van der Waals surface area contributed by atoms with Gasteiger partial charge in [0.25, 0.3) is 0 Å². The summed E-state index contributed by atoms with van der Waals surface area (Å²) >= 11 is 0. The van der Waals surface area contributed by atoms with Crippen LogP contribution in [-0.2, 0) is 11.3 Å². The van der Waals surface area contributed by atoms with Crippen molar-refractivity contribution in [3.63, 3.8) is 0 Å². The van der Waals surface area contributed by atoms with Gasteiger partial charge >= 0.3 is 5.97 Å². The fourth-order valence-corrected chi connectivity index (χ4v) is 3.16. The number of carboxylic acid groups (broad SMARTS) is 1. The van der Waals surface area contributed by atoms with Crippen molar-refractivity contribution in [3.05, 3.63) is 34.9 Å². The molecular formula is C16H23NO2. The summed E-state index contributed by atoms with van der Waals surface area (Å²) in [4.78, 5) is 13.5. The summed E-state index contributed by atoms with van der Waals surface area (Å²) in [5.74, 6) is -0.878. The van der Waals surface area contributed by atoms with E-state index in [1.165, 1.54) is 16.7 Å². The van der Waals surface area contributed by atoms with Crippen molar-refractivity contribution < 1.29 is 9.90 Å². The van der Waals surface area contributed by atoms with Crippen LogP contribution in [-0.4, -0.2) is 28.6 Å². The zero-order chi connectivity index (χ0) is 14.0. The number of benzene rings is 1. The summed E-state index contributed by atoms with van der Waals surface area (Å²) in [7, 11) is 0. The molecule has 0 radical (unpaired) electrons. The molecule has 1 heterocycles. The molecule has 0 spiro atoms. The maximum absolute atomic E-state index is 11.2. The quantitative estimate of drug-likeness (QED) is 0.909. The predicted molar refractivity (Wildman–Crippen MR) is 76.1 cm³/mol. The molecule has 2 atom stereocenters. The first-order chi connectivity index (χ1) is 8.97. The van der Waals surface area contributed by atoms with E-state index < -0.39 is 5.97 Å². The summed E-state index contributed by atoms with van der Waals surface area (Å²) in [6.07, 6.45) is 1.78. The average molecular weight is 261 g/mol. The van der Waals surface area contributed by atoms with Gasteiger partial charge in [0.1, 0.15) is 0 Å². The Bertz CT molecular complexity index is 450. The lowest BCUT2D eigenvalue weighted by molar-refractivity contribution is -0.145. The number of carboxylic acids is 1. The summed E-state index contributed by atoms with van der Waals surface area (Å²) in [5, 5.41) is 9.25. The summed E-state index contributed by atoms with van der Waals surface area (Å²) in [6.45, 7) is 8.11. The second-order valence-electron chi connectivity index (χ2n) is 5.79. The van der Waals surface area contributed by atoms with Crippen LogP contribution in [0, 0.1) is 19.8 Å². The normalized spacial score (nSPS) is 24.4. The highest BCUT2D eigenvalue weighted by atomic mass is 16.4. The molecule has 3 heteroatoms. The molecule has 0 bridgehead atoms. The molecule has 1 fully saturated rings. The van der Waals surface area contributed by atoms with E-state index in [0.29, 0.717) is 0 Å². The molecular weight excluding hydrogens is 238 g/mol. The highest BCUT2D eigenvalue weighted by Gasteiger charge is 2.32. The third kappa shape index (κ3) is 3.35. The van der Waals surface area contributed by atoms with Gasteiger partial charge in [-0.25, -0.2) is 0 Å². The van der Waals surface area contributed by atoms with Gasteiger partial charge in [-0.3, -0.25) is 9.69 Å². The molecule has 0 saturated carbocycles. The fourth-order valence-electron chi connectivity index (χ4n) is 3.16. The number of hydrogen-bond donors (Lipinski definition) is 1. The highest BCUT2D eigenvalue weighted by molar-refractivity contribution is 5.70. The Morgan fingerprint density at radius 1 is 1.32 bits per heavy atom.